The minimum Gasteiger partial charge on any atom is -0.489 e. The molecule has 0 heterocycles. The molecule has 0 spiro atoms. The molecule has 6 heteroatoms. The third-order valence-electron chi connectivity index (χ3n) is 2.69. The standard InChI is InChI=1S/C14H19Cl2NO3/c1-3-7-17(10-13(18)19-2)8-9-20-14-11(15)5-4-6-12(14)16/h4-6H,3,7-10H2,1-2H3. The Morgan fingerprint density at radius 3 is 2.45 bits per heavy atom. The van der Waals surface area contributed by atoms with E-state index in [2.05, 4.69) is 11.7 Å². The summed E-state index contributed by atoms with van der Waals surface area (Å²) < 4.78 is 10.3. The molecule has 1 aromatic rings. The quantitative estimate of drug-likeness (QED) is 0.689. The smallest absolute Gasteiger partial charge is 0.319 e. The maximum absolute atomic E-state index is 11.3. The van der Waals surface area contributed by atoms with Crippen LogP contribution in [-0.2, 0) is 9.53 Å². The third-order valence-corrected chi connectivity index (χ3v) is 3.29. The molecule has 20 heavy (non-hydrogen) atoms. The van der Waals surface area contributed by atoms with Gasteiger partial charge in [-0.15, -0.1) is 0 Å². The van der Waals surface area contributed by atoms with Crippen molar-refractivity contribution in [2.75, 3.05) is 33.4 Å². The molecule has 0 amide bonds. The normalized spacial score (nSPS) is 10.7. The number of hydrogen-bond donors (Lipinski definition) is 0. The van der Waals surface area contributed by atoms with E-state index < -0.39 is 0 Å². The van der Waals surface area contributed by atoms with E-state index in [4.69, 9.17) is 27.9 Å². The van der Waals surface area contributed by atoms with Crippen molar-refractivity contribution in [3.05, 3.63) is 28.2 Å². The van der Waals surface area contributed by atoms with Crippen LogP contribution < -0.4 is 4.74 Å². The van der Waals surface area contributed by atoms with Crippen LogP contribution in [0.2, 0.25) is 10.0 Å². The highest BCUT2D eigenvalue weighted by molar-refractivity contribution is 6.37. The van der Waals surface area contributed by atoms with Crippen LogP contribution in [0.5, 0.6) is 5.75 Å². The van der Waals surface area contributed by atoms with Crippen molar-refractivity contribution in [1.29, 1.82) is 0 Å². The molecule has 0 unspecified atom stereocenters. The molecule has 0 bridgehead atoms. The fourth-order valence-corrected chi connectivity index (χ4v) is 2.24. The second-order valence-corrected chi connectivity index (χ2v) is 5.07. The molecule has 0 aromatic heterocycles. The Morgan fingerprint density at radius 2 is 1.90 bits per heavy atom. The second-order valence-electron chi connectivity index (χ2n) is 4.25. The molecule has 0 atom stereocenters. The zero-order valence-corrected chi connectivity index (χ0v) is 13.2. The van der Waals surface area contributed by atoms with Crippen molar-refractivity contribution in [3.8, 4) is 5.75 Å². The van der Waals surface area contributed by atoms with Crippen LogP contribution in [0.3, 0.4) is 0 Å². The highest BCUT2D eigenvalue weighted by Gasteiger charge is 2.11. The number of rotatable bonds is 8. The summed E-state index contributed by atoms with van der Waals surface area (Å²) in [5.74, 6) is 0.222. The monoisotopic (exact) mass is 319 g/mol. The molecule has 0 saturated heterocycles. The van der Waals surface area contributed by atoms with Gasteiger partial charge in [-0.2, -0.15) is 0 Å². The molecule has 0 aliphatic carbocycles. The molecule has 0 aliphatic rings. The predicted octanol–water partition coefficient (Wildman–Crippen LogP) is 3.26. The van der Waals surface area contributed by atoms with Gasteiger partial charge in [0.1, 0.15) is 6.61 Å². The molecular formula is C14H19Cl2NO3. The summed E-state index contributed by atoms with van der Waals surface area (Å²) in [6.07, 6.45) is 0.948. The Morgan fingerprint density at radius 1 is 1.25 bits per heavy atom. The van der Waals surface area contributed by atoms with Gasteiger partial charge in [0.15, 0.2) is 5.75 Å². The maximum Gasteiger partial charge on any atom is 0.319 e. The van der Waals surface area contributed by atoms with Gasteiger partial charge in [-0.3, -0.25) is 9.69 Å². The van der Waals surface area contributed by atoms with E-state index in [1.54, 1.807) is 18.2 Å². The summed E-state index contributed by atoms with van der Waals surface area (Å²) in [5.41, 5.74) is 0. The molecule has 112 valence electrons. The van der Waals surface area contributed by atoms with E-state index in [9.17, 15) is 4.79 Å². The maximum atomic E-state index is 11.3. The number of nitrogens with zero attached hydrogens (tertiary/aromatic N) is 1. The number of benzene rings is 1. The highest BCUT2D eigenvalue weighted by atomic mass is 35.5. The lowest BCUT2D eigenvalue weighted by Crippen LogP contribution is -2.34. The zero-order chi connectivity index (χ0) is 15.0. The Hall–Kier alpha value is -0.970. The van der Waals surface area contributed by atoms with Crippen LogP contribution >= 0.6 is 23.2 Å². The second kappa shape index (κ2) is 9.06. The largest absolute Gasteiger partial charge is 0.489 e. The average molecular weight is 320 g/mol. The van der Waals surface area contributed by atoms with Gasteiger partial charge in [0.25, 0.3) is 0 Å². The summed E-state index contributed by atoms with van der Waals surface area (Å²) >= 11 is 12.0. The number of methoxy groups -OCH3 is 1. The summed E-state index contributed by atoms with van der Waals surface area (Å²) in [5, 5.41) is 0.958. The van der Waals surface area contributed by atoms with Crippen molar-refractivity contribution >= 4 is 29.2 Å². The van der Waals surface area contributed by atoms with Crippen LogP contribution in [0.4, 0.5) is 0 Å². The summed E-state index contributed by atoms with van der Waals surface area (Å²) in [4.78, 5) is 13.3. The lowest BCUT2D eigenvalue weighted by Gasteiger charge is -2.20. The molecule has 1 rings (SSSR count). The minimum atomic E-state index is -0.255. The SMILES string of the molecule is CCCN(CCOc1c(Cl)cccc1Cl)CC(=O)OC. The lowest BCUT2D eigenvalue weighted by atomic mass is 10.3. The summed E-state index contributed by atoms with van der Waals surface area (Å²) in [7, 11) is 1.38. The summed E-state index contributed by atoms with van der Waals surface area (Å²) in [6, 6.07) is 5.21. The molecule has 0 aliphatic heterocycles. The number of hydrogen-bond acceptors (Lipinski definition) is 4. The summed E-state index contributed by atoms with van der Waals surface area (Å²) in [6.45, 7) is 4.11. The number of carbonyl (C=O) groups is 1. The first kappa shape index (κ1) is 17.1. The number of ether oxygens (including phenoxy) is 2. The van der Waals surface area contributed by atoms with Gasteiger partial charge in [0.05, 0.1) is 23.7 Å². The minimum absolute atomic E-state index is 0.254. The van der Waals surface area contributed by atoms with Gasteiger partial charge >= 0.3 is 5.97 Å². The third kappa shape index (κ3) is 5.57. The fourth-order valence-electron chi connectivity index (χ4n) is 1.73. The number of carbonyl (C=O) groups excluding carboxylic acids is 1. The van der Waals surface area contributed by atoms with E-state index in [1.165, 1.54) is 7.11 Å². The van der Waals surface area contributed by atoms with Gasteiger partial charge in [-0.25, -0.2) is 0 Å². The zero-order valence-electron chi connectivity index (χ0n) is 11.7. The van der Waals surface area contributed by atoms with E-state index in [-0.39, 0.29) is 12.5 Å². The van der Waals surface area contributed by atoms with Gasteiger partial charge in [0.2, 0.25) is 0 Å². The Bertz CT molecular complexity index is 420. The van der Waals surface area contributed by atoms with Crippen LogP contribution in [0.15, 0.2) is 18.2 Å². The van der Waals surface area contributed by atoms with Crippen LogP contribution in [0.25, 0.3) is 0 Å². The lowest BCUT2D eigenvalue weighted by molar-refractivity contribution is -0.142. The Balaban J connectivity index is 2.49. The average Bonchev–Trinajstić information content (AvgIpc) is 2.42. The van der Waals surface area contributed by atoms with Crippen LogP contribution in [0.1, 0.15) is 13.3 Å². The Kier molecular flexibility index (Phi) is 7.73. The first-order valence-electron chi connectivity index (χ1n) is 6.44. The Labute approximate surface area is 129 Å². The highest BCUT2D eigenvalue weighted by Crippen LogP contribution is 2.32. The number of esters is 1. The van der Waals surface area contributed by atoms with Crippen molar-refractivity contribution < 1.29 is 14.3 Å². The van der Waals surface area contributed by atoms with Gasteiger partial charge < -0.3 is 9.47 Å². The van der Waals surface area contributed by atoms with Crippen molar-refractivity contribution in [2.24, 2.45) is 0 Å². The van der Waals surface area contributed by atoms with Gasteiger partial charge in [0, 0.05) is 6.54 Å². The van der Waals surface area contributed by atoms with Crippen molar-refractivity contribution in [2.45, 2.75) is 13.3 Å². The number of halogens is 2. The molecule has 4 nitrogen and oxygen atoms in total. The van der Waals surface area contributed by atoms with Crippen molar-refractivity contribution in [3.63, 3.8) is 0 Å². The molecule has 0 N–H and O–H groups in total. The molecule has 0 fully saturated rings. The predicted molar refractivity (Wildman–Crippen MR) is 80.7 cm³/mol. The van der Waals surface area contributed by atoms with E-state index >= 15 is 0 Å². The van der Waals surface area contributed by atoms with Crippen LogP contribution in [-0.4, -0.2) is 44.2 Å². The van der Waals surface area contributed by atoms with Gasteiger partial charge in [-0.1, -0.05) is 36.2 Å². The van der Waals surface area contributed by atoms with Crippen LogP contribution in [0, 0.1) is 0 Å². The number of para-hydroxylation sites is 1. The molecule has 0 radical (unpaired) electrons. The van der Waals surface area contributed by atoms with E-state index in [0.29, 0.717) is 28.9 Å². The van der Waals surface area contributed by atoms with E-state index in [1.807, 2.05) is 4.90 Å². The molecule has 1 aromatic carbocycles. The topological polar surface area (TPSA) is 38.8 Å². The first-order valence-corrected chi connectivity index (χ1v) is 7.20. The van der Waals surface area contributed by atoms with E-state index in [0.717, 1.165) is 13.0 Å². The first-order chi connectivity index (χ1) is 9.58. The molecule has 0 saturated carbocycles. The van der Waals surface area contributed by atoms with Crippen molar-refractivity contribution in [1.82, 2.24) is 4.90 Å². The molecular weight excluding hydrogens is 301 g/mol. The fraction of sp³-hybridized carbons (Fsp3) is 0.500. The van der Waals surface area contributed by atoms with Gasteiger partial charge in [-0.05, 0) is 25.1 Å².